The molecule has 0 amide bonds. The predicted molar refractivity (Wildman–Crippen MR) is 102 cm³/mol. The molecule has 0 spiro atoms. The highest BCUT2D eigenvalue weighted by atomic mass is 16.7. The SMILES string of the molecule is C[C@]1(C=O)CON(C(c2ccccc2)c2ccccc2)[C@@H]1C1=CCCC1. The molecule has 134 valence electrons. The number of hydroxylamine groups is 2. The van der Waals surface area contributed by atoms with Gasteiger partial charge >= 0.3 is 0 Å². The van der Waals surface area contributed by atoms with E-state index in [0.29, 0.717) is 6.61 Å². The topological polar surface area (TPSA) is 29.5 Å². The van der Waals surface area contributed by atoms with Gasteiger partial charge in [-0.1, -0.05) is 72.3 Å². The Kier molecular flexibility index (Phi) is 4.75. The fraction of sp³-hybridized carbons (Fsp3) is 0.348. The van der Waals surface area contributed by atoms with Crippen LogP contribution in [0, 0.1) is 5.41 Å². The third kappa shape index (κ3) is 3.02. The minimum atomic E-state index is -0.516. The molecule has 1 fully saturated rings. The largest absolute Gasteiger partial charge is 0.303 e. The lowest BCUT2D eigenvalue weighted by Gasteiger charge is -2.36. The molecule has 3 nitrogen and oxygen atoms in total. The zero-order valence-electron chi connectivity index (χ0n) is 15.2. The Morgan fingerprint density at radius 2 is 1.69 bits per heavy atom. The van der Waals surface area contributed by atoms with Crippen molar-refractivity contribution in [2.24, 2.45) is 5.41 Å². The van der Waals surface area contributed by atoms with Crippen molar-refractivity contribution in [2.45, 2.75) is 38.3 Å². The van der Waals surface area contributed by atoms with Crippen molar-refractivity contribution in [3.8, 4) is 0 Å². The van der Waals surface area contributed by atoms with Crippen LogP contribution >= 0.6 is 0 Å². The molecule has 1 aliphatic carbocycles. The highest BCUT2D eigenvalue weighted by molar-refractivity contribution is 5.62. The average Bonchev–Trinajstić information content (AvgIpc) is 3.32. The molecule has 2 aliphatic rings. The molecule has 1 aliphatic heterocycles. The Morgan fingerprint density at radius 1 is 1.08 bits per heavy atom. The van der Waals surface area contributed by atoms with E-state index < -0.39 is 5.41 Å². The van der Waals surface area contributed by atoms with Gasteiger partial charge in [-0.2, -0.15) is 5.06 Å². The van der Waals surface area contributed by atoms with E-state index in [1.165, 1.54) is 16.7 Å². The normalized spacial score (nSPS) is 26.2. The third-order valence-electron chi connectivity index (χ3n) is 5.59. The quantitative estimate of drug-likeness (QED) is 0.580. The van der Waals surface area contributed by atoms with Gasteiger partial charge in [-0.3, -0.25) is 4.84 Å². The summed E-state index contributed by atoms with van der Waals surface area (Å²) in [6, 6.07) is 20.8. The number of allylic oxidation sites excluding steroid dienone is 1. The molecule has 0 aromatic heterocycles. The zero-order valence-corrected chi connectivity index (χ0v) is 15.2. The molecule has 0 unspecified atom stereocenters. The van der Waals surface area contributed by atoms with E-state index in [2.05, 4.69) is 59.7 Å². The van der Waals surface area contributed by atoms with Crippen LogP contribution < -0.4 is 0 Å². The van der Waals surface area contributed by atoms with Crippen LogP contribution in [0.4, 0.5) is 0 Å². The molecule has 2 aromatic rings. The van der Waals surface area contributed by atoms with Gasteiger partial charge in [0, 0.05) is 0 Å². The van der Waals surface area contributed by atoms with Crippen molar-refractivity contribution in [1.82, 2.24) is 5.06 Å². The van der Waals surface area contributed by atoms with Crippen LogP contribution in [0.5, 0.6) is 0 Å². The van der Waals surface area contributed by atoms with Crippen LogP contribution in [0.25, 0.3) is 0 Å². The maximum absolute atomic E-state index is 12.0. The van der Waals surface area contributed by atoms with Gasteiger partial charge in [-0.05, 0) is 37.3 Å². The van der Waals surface area contributed by atoms with Crippen molar-refractivity contribution >= 4 is 6.29 Å². The van der Waals surface area contributed by atoms with Gasteiger partial charge in [0.15, 0.2) is 0 Å². The van der Waals surface area contributed by atoms with Crippen molar-refractivity contribution in [2.75, 3.05) is 6.61 Å². The van der Waals surface area contributed by atoms with Crippen LogP contribution in [0.3, 0.4) is 0 Å². The van der Waals surface area contributed by atoms with Crippen molar-refractivity contribution in [3.63, 3.8) is 0 Å². The van der Waals surface area contributed by atoms with Crippen LogP contribution in [0.1, 0.15) is 43.4 Å². The Balaban J connectivity index is 1.81. The molecular formula is C23H25NO2. The molecule has 1 saturated heterocycles. The first kappa shape index (κ1) is 17.2. The van der Waals surface area contributed by atoms with Crippen LogP contribution in [0.15, 0.2) is 72.3 Å². The summed E-state index contributed by atoms with van der Waals surface area (Å²) < 4.78 is 0. The summed E-state index contributed by atoms with van der Waals surface area (Å²) in [5.41, 5.74) is 3.18. The molecular weight excluding hydrogens is 322 g/mol. The Hall–Kier alpha value is -2.23. The monoisotopic (exact) mass is 347 g/mol. The molecule has 2 aromatic carbocycles. The van der Waals surface area contributed by atoms with Gasteiger partial charge < -0.3 is 4.79 Å². The Labute approximate surface area is 155 Å². The highest BCUT2D eigenvalue weighted by Crippen LogP contribution is 2.45. The van der Waals surface area contributed by atoms with E-state index in [0.717, 1.165) is 25.5 Å². The number of rotatable bonds is 5. The van der Waals surface area contributed by atoms with Crippen molar-refractivity contribution < 1.29 is 9.63 Å². The number of nitrogens with zero attached hydrogens (tertiary/aromatic N) is 1. The van der Waals surface area contributed by atoms with Crippen LogP contribution in [-0.2, 0) is 9.63 Å². The standard InChI is InChI=1S/C23H25NO2/c1-23(16-25)17-26-24(22(23)20-14-8-9-15-20)21(18-10-4-2-5-11-18)19-12-6-3-7-13-19/h2-7,10-14,16,21-22H,8-9,15,17H2,1H3/t22-,23+/m1/s1. The van der Waals surface area contributed by atoms with Crippen molar-refractivity contribution in [1.29, 1.82) is 0 Å². The zero-order chi connectivity index (χ0) is 18.0. The van der Waals surface area contributed by atoms with E-state index >= 15 is 0 Å². The van der Waals surface area contributed by atoms with Gasteiger partial charge in [0.25, 0.3) is 0 Å². The first-order valence-corrected chi connectivity index (χ1v) is 9.39. The van der Waals surface area contributed by atoms with Gasteiger partial charge in [0.1, 0.15) is 6.29 Å². The lowest BCUT2D eigenvalue weighted by atomic mass is 9.79. The Morgan fingerprint density at radius 3 is 2.19 bits per heavy atom. The predicted octanol–water partition coefficient (Wildman–Crippen LogP) is 4.71. The summed E-state index contributed by atoms with van der Waals surface area (Å²) in [7, 11) is 0. The summed E-state index contributed by atoms with van der Waals surface area (Å²) in [6.45, 7) is 2.45. The summed E-state index contributed by atoms with van der Waals surface area (Å²) in [5, 5.41) is 2.08. The first-order valence-electron chi connectivity index (χ1n) is 9.39. The minimum absolute atomic E-state index is 0.0205. The fourth-order valence-electron chi connectivity index (χ4n) is 4.27. The molecule has 26 heavy (non-hydrogen) atoms. The van der Waals surface area contributed by atoms with E-state index in [1.807, 2.05) is 19.1 Å². The summed E-state index contributed by atoms with van der Waals surface area (Å²) in [5.74, 6) is 0. The molecule has 4 rings (SSSR count). The molecule has 0 bridgehead atoms. The second kappa shape index (κ2) is 7.18. The number of carbonyl (C=O) groups excluding carboxylic acids is 1. The molecule has 2 atom stereocenters. The molecule has 1 heterocycles. The average molecular weight is 347 g/mol. The summed E-state index contributed by atoms with van der Waals surface area (Å²) in [4.78, 5) is 18.2. The van der Waals surface area contributed by atoms with Crippen LogP contribution in [0.2, 0.25) is 0 Å². The van der Waals surface area contributed by atoms with Crippen molar-refractivity contribution in [3.05, 3.63) is 83.4 Å². The van der Waals surface area contributed by atoms with Crippen LogP contribution in [-0.4, -0.2) is 24.0 Å². The number of hydrogen-bond acceptors (Lipinski definition) is 3. The lowest BCUT2D eigenvalue weighted by Crippen LogP contribution is -2.42. The summed E-state index contributed by atoms with van der Waals surface area (Å²) >= 11 is 0. The number of carbonyl (C=O) groups is 1. The van der Waals surface area contributed by atoms with Gasteiger partial charge in [-0.25, -0.2) is 0 Å². The second-order valence-electron chi connectivity index (χ2n) is 7.55. The smallest absolute Gasteiger partial charge is 0.130 e. The maximum atomic E-state index is 12.0. The molecule has 0 saturated carbocycles. The van der Waals surface area contributed by atoms with E-state index in [1.54, 1.807) is 0 Å². The van der Waals surface area contributed by atoms with Gasteiger partial charge in [0.05, 0.1) is 24.1 Å². The Bertz CT molecular complexity index is 747. The minimum Gasteiger partial charge on any atom is -0.303 e. The molecule has 0 radical (unpaired) electrons. The first-order chi connectivity index (χ1) is 12.7. The third-order valence-corrected chi connectivity index (χ3v) is 5.59. The van der Waals surface area contributed by atoms with E-state index in [4.69, 9.17) is 4.84 Å². The molecule has 3 heteroatoms. The lowest BCUT2D eigenvalue weighted by molar-refractivity contribution is -0.148. The van der Waals surface area contributed by atoms with E-state index in [9.17, 15) is 4.79 Å². The number of aldehydes is 1. The number of benzene rings is 2. The summed E-state index contributed by atoms with van der Waals surface area (Å²) in [6.07, 6.45) is 6.70. The van der Waals surface area contributed by atoms with E-state index in [-0.39, 0.29) is 12.1 Å². The van der Waals surface area contributed by atoms with Gasteiger partial charge in [0.2, 0.25) is 0 Å². The van der Waals surface area contributed by atoms with Gasteiger partial charge in [-0.15, -0.1) is 0 Å². The highest BCUT2D eigenvalue weighted by Gasteiger charge is 2.50. The number of hydrogen-bond donors (Lipinski definition) is 0. The molecule has 0 N–H and O–H groups in total. The second-order valence-corrected chi connectivity index (χ2v) is 7.55. The maximum Gasteiger partial charge on any atom is 0.130 e. The fourth-order valence-corrected chi connectivity index (χ4v) is 4.27.